The van der Waals surface area contributed by atoms with Crippen molar-refractivity contribution in [3.8, 4) is 0 Å². The van der Waals surface area contributed by atoms with Crippen molar-refractivity contribution in [2.75, 3.05) is 11.9 Å². The van der Waals surface area contributed by atoms with Crippen LogP contribution in [0.3, 0.4) is 0 Å². The van der Waals surface area contributed by atoms with Gasteiger partial charge in [-0.2, -0.15) is 0 Å². The molecule has 0 fully saturated rings. The molecule has 1 aromatic carbocycles. The summed E-state index contributed by atoms with van der Waals surface area (Å²) in [5.41, 5.74) is 2.57. The number of guanidine groups is 1. The Morgan fingerprint density at radius 3 is 2.56 bits per heavy atom. The number of anilines is 1. The number of halogens is 2. The number of hydrazine groups is 1. The molecule has 0 bridgehead atoms. The van der Waals surface area contributed by atoms with E-state index >= 15 is 0 Å². The lowest BCUT2D eigenvalue weighted by atomic mass is 10.2. The number of rotatable bonds is 3. The fourth-order valence-electron chi connectivity index (χ4n) is 1.26. The number of nitrogens with two attached hydrogens (primary N) is 1. The Balaban J connectivity index is 2.88. The van der Waals surface area contributed by atoms with E-state index in [1.54, 1.807) is 0 Å². The molecule has 1 rings (SSSR count). The van der Waals surface area contributed by atoms with Gasteiger partial charge in [0.15, 0.2) is 0 Å². The van der Waals surface area contributed by atoms with Gasteiger partial charge in [0.1, 0.15) is 11.6 Å². The van der Waals surface area contributed by atoms with Crippen molar-refractivity contribution in [3.63, 3.8) is 0 Å². The summed E-state index contributed by atoms with van der Waals surface area (Å²) in [7, 11) is 0. The zero-order chi connectivity index (χ0) is 13.7. The van der Waals surface area contributed by atoms with E-state index < -0.39 is 11.6 Å². The maximum Gasteiger partial charge on any atom is 0.210 e. The molecule has 1 aromatic rings. The molecule has 0 spiro atoms. The molecule has 0 aliphatic carbocycles. The van der Waals surface area contributed by atoms with Gasteiger partial charge in [0.25, 0.3) is 0 Å². The van der Waals surface area contributed by atoms with Crippen LogP contribution in [0.15, 0.2) is 17.1 Å². The van der Waals surface area contributed by atoms with Crippen LogP contribution in [0, 0.1) is 24.5 Å². The highest BCUT2D eigenvalue weighted by Gasteiger charge is 2.08. The molecular weight excluding hydrogens is 238 g/mol. The lowest BCUT2D eigenvalue weighted by Gasteiger charge is -2.11. The average molecular weight is 256 g/mol. The van der Waals surface area contributed by atoms with E-state index in [0.29, 0.717) is 12.5 Å². The monoisotopic (exact) mass is 256 g/mol. The van der Waals surface area contributed by atoms with Gasteiger partial charge in [-0.15, -0.1) is 0 Å². The van der Waals surface area contributed by atoms with Crippen molar-refractivity contribution in [3.05, 3.63) is 29.3 Å². The van der Waals surface area contributed by atoms with E-state index in [1.165, 1.54) is 6.92 Å². The Morgan fingerprint density at radius 1 is 1.33 bits per heavy atom. The zero-order valence-electron chi connectivity index (χ0n) is 10.7. The summed E-state index contributed by atoms with van der Waals surface area (Å²) in [6.45, 7) is 6.01. The van der Waals surface area contributed by atoms with Gasteiger partial charge in [0.2, 0.25) is 5.96 Å². The van der Waals surface area contributed by atoms with Crippen molar-refractivity contribution in [1.29, 1.82) is 0 Å². The molecule has 0 atom stereocenters. The van der Waals surface area contributed by atoms with Crippen molar-refractivity contribution in [2.45, 2.75) is 20.8 Å². The highest BCUT2D eigenvalue weighted by molar-refractivity contribution is 5.93. The maximum absolute atomic E-state index is 13.6. The molecule has 0 aliphatic heterocycles. The Kier molecular flexibility index (Phi) is 5.03. The Morgan fingerprint density at radius 2 is 2.00 bits per heavy atom. The number of nitrogens with zero attached hydrogens (tertiary/aromatic N) is 1. The van der Waals surface area contributed by atoms with Crippen molar-refractivity contribution in [1.82, 2.24) is 5.43 Å². The fraction of sp³-hybridized carbons (Fsp3) is 0.417. The summed E-state index contributed by atoms with van der Waals surface area (Å²) < 4.78 is 26.9. The molecule has 0 aliphatic rings. The topological polar surface area (TPSA) is 62.4 Å². The third-order valence-corrected chi connectivity index (χ3v) is 2.25. The summed E-state index contributed by atoms with van der Waals surface area (Å²) in [5, 5.41) is 2.62. The maximum atomic E-state index is 13.6. The van der Waals surface area contributed by atoms with E-state index in [0.717, 1.165) is 12.1 Å². The van der Waals surface area contributed by atoms with Gasteiger partial charge in [-0.3, -0.25) is 10.4 Å². The van der Waals surface area contributed by atoms with Crippen LogP contribution in [0.2, 0.25) is 0 Å². The Bertz CT molecular complexity index is 444. The van der Waals surface area contributed by atoms with Gasteiger partial charge in [0, 0.05) is 12.6 Å². The molecule has 0 unspecified atom stereocenters. The van der Waals surface area contributed by atoms with Gasteiger partial charge in [0.05, 0.1) is 5.69 Å². The Labute approximate surface area is 105 Å². The zero-order valence-corrected chi connectivity index (χ0v) is 10.7. The highest BCUT2D eigenvalue weighted by Crippen LogP contribution is 2.18. The molecule has 0 saturated heterocycles. The first-order valence-corrected chi connectivity index (χ1v) is 5.67. The van der Waals surface area contributed by atoms with Gasteiger partial charge in [-0.05, 0) is 24.5 Å². The quantitative estimate of drug-likeness (QED) is 0.336. The first-order valence-electron chi connectivity index (χ1n) is 5.67. The van der Waals surface area contributed by atoms with E-state index in [1.807, 2.05) is 13.8 Å². The molecule has 18 heavy (non-hydrogen) atoms. The van der Waals surface area contributed by atoms with Gasteiger partial charge >= 0.3 is 0 Å². The number of benzene rings is 1. The smallest absolute Gasteiger partial charge is 0.210 e. The lowest BCUT2D eigenvalue weighted by molar-refractivity contribution is 0.595. The minimum atomic E-state index is -0.554. The summed E-state index contributed by atoms with van der Waals surface area (Å²) >= 11 is 0. The van der Waals surface area contributed by atoms with Crippen LogP contribution in [0.5, 0.6) is 0 Å². The van der Waals surface area contributed by atoms with Gasteiger partial charge in [-0.25, -0.2) is 14.6 Å². The Hall–Kier alpha value is -1.69. The first kappa shape index (κ1) is 14.4. The average Bonchev–Trinajstić information content (AvgIpc) is 2.30. The van der Waals surface area contributed by atoms with Crippen LogP contribution in [0.25, 0.3) is 0 Å². The number of aliphatic imine (C=N–C) groups is 1. The normalized spacial score (nSPS) is 11.8. The molecular formula is C12H18F2N4. The van der Waals surface area contributed by atoms with Crippen molar-refractivity contribution >= 4 is 11.6 Å². The van der Waals surface area contributed by atoms with Crippen LogP contribution in [-0.2, 0) is 0 Å². The van der Waals surface area contributed by atoms with Crippen LogP contribution in [0.1, 0.15) is 19.4 Å². The molecule has 0 heterocycles. The van der Waals surface area contributed by atoms with E-state index in [9.17, 15) is 8.78 Å². The minimum absolute atomic E-state index is 0.00134. The lowest BCUT2D eigenvalue weighted by Crippen LogP contribution is -2.37. The summed E-state index contributed by atoms with van der Waals surface area (Å²) in [5.74, 6) is 4.77. The second kappa shape index (κ2) is 6.30. The van der Waals surface area contributed by atoms with E-state index in [2.05, 4.69) is 15.7 Å². The minimum Gasteiger partial charge on any atom is -0.323 e. The highest BCUT2D eigenvalue weighted by atomic mass is 19.1. The van der Waals surface area contributed by atoms with E-state index in [-0.39, 0.29) is 17.2 Å². The number of nitrogens with one attached hydrogen (secondary N) is 2. The van der Waals surface area contributed by atoms with Crippen LogP contribution >= 0.6 is 0 Å². The summed E-state index contributed by atoms with van der Waals surface area (Å²) in [6, 6.07) is 2.20. The van der Waals surface area contributed by atoms with Crippen LogP contribution < -0.4 is 16.6 Å². The summed E-state index contributed by atoms with van der Waals surface area (Å²) in [4.78, 5) is 4.11. The van der Waals surface area contributed by atoms with Gasteiger partial charge < -0.3 is 5.32 Å². The molecule has 4 N–H and O–H groups in total. The second-order valence-corrected chi connectivity index (χ2v) is 4.43. The number of hydrogen-bond acceptors (Lipinski definition) is 2. The van der Waals surface area contributed by atoms with Crippen LogP contribution in [0.4, 0.5) is 14.5 Å². The third-order valence-electron chi connectivity index (χ3n) is 2.25. The van der Waals surface area contributed by atoms with E-state index in [4.69, 9.17) is 5.84 Å². The molecule has 0 aromatic heterocycles. The third kappa shape index (κ3) is 3.96. The summed E-state index contributed by atoms with van der Waals surface area (Å²) in [6.07, 6.45) is 0. The molecule has 0 amide bonds. The van der Waals surface area contributed by atoms with Crippen LogP contribution in [-0.4, -0.2) is 12.5 Å². The fourth-order valence-corrected chi connectivity index (χ4v) is 1.26. The predicted molar refractivity (Wildman–Crippen MR) is 69.2 cm³/mol. The first-order chi connectivity index (χ1) is 8.43. The molecule has 6 heteroatoms. The SMILES string of the molecule is Cc1cc(F)c(NC(=NCC(C)C)NN)cc1F. The van der Waals surface area contributed by atoms with Gasteiger partial charge in [-0.1, -0.05) is 13.8 Å². The standard InChI is InChI=1S/C12H18F2N4/c1-7(2)6-16-12(18-15)17-11-5-9(13)8(3)4-10(11)14/h4-5,7H,6,15H2,1-3H3,(H2,16,17,18). The van der Waals surface area contributed by atoms with Crippen molar-refractivity contribution < 1.29 is 8.78 Å². The number of aryl methyl sites for hydroxylation is 1. The second-order valence-electron chi connectivity index (χ2n) is 4.43. The largest absolute Gasteiger partial charge is 0.323 e. The molecule has 4 nitrogen and oxygen atoms in total. The van der Waals surface area contributed by atoms with Crippen molar-refractivity contribution in [2.24, 2.45) is 16.8 Å². The predicted octanol–water partition coefficient (Wildman–Crippen LogP) is 2.16. The molecule has 0 saturated carbocycles. The molecule has 100 valence electrons. The number of hydrogen-bond donors (Lipinski definition) is 3. The molecule has 0 radical (unpaired) electrons.